The molecule has 0 N–H and O–H groups in total. The predicted molar refractivity (Wildman–Crippen MR) is 69.5 cm³/mol. The molecule has 0 radical (unpaired) electrons. The summed E-state index contributed by atoms with van der Waals surface area (Å²) >= 11 is 0. The standard InChI is InChI=1S/C13H17NO3S/c1-9-8-12(18(15,16)7-5-6-14)10(2)11(3)13(9)17-4/h8H,5,7H2,1-4H3. The first-order chi connectivity index (χ1) is 8.35. The predicted octanol–water partition coefficient (Wildman–Crippen LogP) is 2.31. The Morgan fingerprint density at radius 2 is 1.89 bits per heavy atom. The largest absolute Gasteiger partial charge is 0.496 e. The molecule has 1 rings (SSSR count). The van der Waals surface area contributed by atoms with Gasteiger partial charge in [0.25, 0.3) is 0 Å². The van der Waals surface area contributed by atoms with Gasteiger partial charge in [0.15, 0.2) is 9.84 Å². The van der Waals surface area contributed by atoms with Gasteiger partial charge in [-0.25, -0.2) is 8.42 Å². The quantitative estimate of drug-likeness (QED) is 0.839. The van der Waals surface area contributed by atoms with E-state index in [4.69, 9.17) is 10.00 Å². The van der Waals surface area contributed by atoms with Gasteiger partial charge in [-0.2, -0.15) is 5.26 Å². The van der Waals surface area contributed by atoms with Crippen molar-refractivity contribution in [2.24, 2.45) is 0 Å². The zero-order valence-electron chi connectivity index (χ0n) is 11.1. The maximum Gasteiger partial charge on any atom is 0.179 e. The molecule has 0 spiro atoms. The molecule has 0 bridgehead atoms. The first-order valence-electron chi connectivity index (χ1n) is 5.59. The highest BCUT2D eigenvalue weighted by Crippen LogP contribution is 2.31. The Morgan fingerprint density at radius 3 is 2.39 bits per heavy atom. The Kier molecular flexibility index (Phi) is 4.36. The van der Waals surface area contributed by atoms with E-state index < -0.39 is 9.84 Å². The molecular formula is C13H17NO3S. The van der Waals surface area contributed by atoms with Crippen molar-refractivity contribution < 1.29 is 13.2 Å². The van der Waals surface area contributed by atoms with Crippen LogP contribution in [0, 0.1) is 32.1 Å². The van der Waals surface area contributed by atoms with E-state index in [1.165, 1.54) is 0 Å². The lowest BCUT2D eigenvalue weighted by molar-refractivity contribution is 0.407. The lowest BCUT2D eigenvalue weighted by Gasteiger charge is -2.15. The molecule has 98 valence electrons. The average Bonchev–Trinajstić information content (AvgIpc) is 2.32. The van der Waals surface area contributed by atoms with Crippen LogP contribution in [0.2, 0.25) is 0 Å². The zero-order chi connectivity index (χ0) is 13.9. The molecule has 18 heavy (non-hydrogen) atoms. The third-order valence-electron chi connectivity index (χ3n) is 3.00. The molecule has 1 aromatic carbocycles. The third kappa shape index (κ3) is 2.65. The lowest BCUT2D eigenvalue weighted by atomic mass is 10.1. The SMILES string of the molecule is COc1c(C)cc(S(=O)(=O)CCC#N)c(C)c1C. The highest BCUT2D eigenvalue weighted by atomic mass is 32.2. The summed E-state index contributed by atoms with van der Waals surface area (Å²) in [5.74, 6) is 0.571. The smallest absolute Gasteiger partial charge is 0.179 e. The molecule has 0 aliphatic heterocycles. The van der Waals surface area contributed by atoms with Gasteiger partial charge >= 0.3 is 0 Å². The molecular weight excluding hydrogens is 250 g/mol. The minimum absolute atomic E-state index is 0.00585. The molecule has 0 aliphatic carbocycles. The monoisotopic (exact) mass is 267 g/mol. The fourth-order valence-corrected chi connectivity index (χ4v) is 3.50. The number of nitrogens with zero attached hydrogens (tertiary/aromatic N) is 1. The Bertz CT molecular complexity index is 598. The normalized spacial score (nSPS) is 11.1. The van der Waals surface area contributed by atoms with E-state index >= 15 is 0 Å². The van der Waals surface area contributed by atoms with Crippen LogP contribution < -0.4 is 4.74 Å². The first-order valence-corrected chi connectivity index (χ1v) is 7.25. The van der Waals surface area contributed by atoms with Gasteiger partial charge in [0, 0.05) is 6.42 Å². The number of rotatable bonds is 4. The van der Waals surface area contributed by atoms with Gasteiger partial charge in [0.1, 0.15) is 5.75 Å². The van der Waals surface area contributed by atoms with Crippen molar-refractivity contribution in [2.75, 3.05) is 12.9 Å². The summed E-state index contributed by atoms with van der Waals surface area (Å²) in [5.41, 5.74) is 2.31. The van der Waals surface area contributed by atoms with E-state index in [9.17, 15) is 8.42 Å². The van der Waals surface area contributed by atoms with Crippen molar-refractivity contribution in [3.8, 4) is 11.8 Å². The minimum Gasteiger partial charge on any atom is -0.496 e. The molecule has 0 atom stereocenters. The van der Waals surface area contributed by atoms with Crippen molar-refractivity contribution in [1.82, 2.24) is 0 Å². The molecule has 0 amide bonds. The van der Waals surface area contributed by atoms with E-state index in [1.807, 2.05) is 19.9 Å². The number of aryl methyl sites for hydroxylation is 1. The van der Waals surface area contributed by atoms with E-state index in [1.54, 1.807) is 20.1 Å². The number of hydrogen-bond donors (Lipinski definition) is 0. The first kappa shape index (κ1) is 14.5. The molecule has 4 nitrogen and oxygen atoms in total. The summed E-state index contributed by atoms with van der Waals surface area (Å²) in [4.78, 5) is 0.300. The van der Waals surface area contributed by atoms with Gasteiger partial charge in [-0.3, -0.25) is 0 Å². The molecule has 0 aromatic heterocycles. The topological polar surface area (TPSA) is 67.2 Å². The second kappa shape index (κ2) is 5.40. The van der Waals surface area contributed by atoms with Crippen molar-refractivity contribution in [2.45, 2.75) is 32.1 Å². The van der Waals surface area contributed by atoms with Crippen LogP contribution in [0.3, 0.4) is 0 Å². The van der Waals surface area contributed by atoms with Crippen LogP contribution in [-0.4, -0.2) is 21.3 Å². The third-order valence-corrected chi connectivity index (χ3v) is 4.84. The molecule has 0 fully saturated rings. The van der Waals surface area contributed by atoms with E-state index in [0.29, 0.717) is 16.2 Å². The summed E-state index contributed by atoms with van der Waals surface area (Å²) in [6.45, 7) is 5.41. The Morgan fingerprint density at radius 1 is 1.28 bits per heavy atom. The van der Waals surface area contributed by atoms with Gasteiger partial charge in [0.05, 0.1) is 23.8 Å². The van der Waals surface area contributed by atoms with Crippen molar-refractivity contribution in [3.05, 3.63) is 22.8 Å². The van der Waals surface area contributed by atoms with Gasteiger partial charge in [-0.1, -0.05) is 0 Å². The van der Waals surface area contributed by atoms with Gasteiger partial charge in [-0.15, -0.1) is 0 Å². The van der Waals surface area contributed by atoms with Crippen LogP contribution in [0.1, 0.15) is 23.1 Å². The van der Waals surface area contributed by atoms with Crippen LogP contribution in [0.15, 0.2) is 11.0 Å². The highest BCUT2D eigenvalue weighted by molar-refractivity contribution is 7.91. The Labute approximate surface area is 108 Å². The fraction of sp³-hybridized carbons (Fsp3) is 0.462. The number of nitriles is 1. The van der Waals surface area contributed by atoms with Gasteiger partial charge in [-0.05, 0) is 43.5 Å². The molecule has 0 aliphatic rings. The molecule has 0 heterocycles. The van der Waals surface area contributed by atoms with E-state index in [-0.39, 0.29) is 12.2 Å². The number of methoxy groups -OCH3 is 1. The van der Waals surface area contributed by atoms with E-state index in [2.05, 4.69) is 0 Å². The van der Waals surface area contributed by atoms with Crippen LogP contribution in [-0.2, 0) is 9.84 Å². The summed E-state index contributed by atoms with van der Waals surface area (Å²) < 4.78 is 29.5. The maximum absolute atomic E-state index is 12.1. The van der Waals surface area contributed by atoms with Gasteiger partial charge < -0.3 is 4.74 Å². The average molecular weight is 267 g/mol. The Balaban J connectivity index is 3.41. The molecule has 1 aromatic rings. The summed E-state index contributed by atoms with van der Waals surface area (Å²) in [5, 5.41) is 8.50. The number of benzene rings is 1. The number of ether oxygens (including phenoxy) is 1. The Hall–Kier alpha value is -1.54. The number of sulfone groups is 1. The van der Waals surface area contributed by atoms with Crippen LogP contribution in [0.4, 0.5) is 0 Å². The summed E-state index contributed by atoms with van der Waals surface area (Å²) in [6.07, 6.45) is 0.00585. The summed E-state index contributed by atoms with van der Waals surface area (Å²) in [7, 11) is -1.83. The van der Waals surface area contributed by atoms with Crippen LogP contribution >= 0.6 is 0 Å². The molecule has 0 unspecified atom stereocenters. The van der Waals surface area contributed by atoms with Crippen LogP contribution in [0.25, 0.3) is 0 Å². The fourth-order valence-electron chi connectivity index (χ4n) is 1.95. The lowest BCUT2D eigenvalue weighted by Crippen LogP contribution is -2.10. The summed E-state index contributed by atoms with van der Waals surface area (Å²) in [6, 6.07) is 3.48. The van der Waals surface area contributed by atoms with Crippen molar-refractivity contribution in [1.29, 1.82) is 5.26 Å². The molecule has 0 saturated carbocycles. The molecule has 0 saturated heterocycles. The molecule has 5 heteroatoms. The van der Waals surface area contributed by atoms with Crippen molar-refractivity contribution >= 4 is 9.84 Å². The number of hydrogen-bond acceptors (Lipinski definition) is 4. The van der Waals surface area contributed by atoms with Gasteiger partial charge in [0.2, 0.25) is 0 Å². The van der Waals surface area contributed by atoms with Crippen LogP contribution in [0.5, 0.6) is 5.75 Å². The van der Waals surface area contributed by atoms with E-state index in [0.717, 1.165) is 11.1 Å². The maximum atomic E-state index is 12.1. The second-order valence-electron chi connectivity index (χ2n) is 4.20. The zero-order valence-corrected chi connectivity index (χ0v) is 11.9. The highest BCUT2D eigenvalue weighted by Gasteiger charge is 2.20. The minimum atomic E-state index is -3.40. The van der Waals surface area contributed by atoms with Crippen molar-refractivity contribution in [3.63, 3.8) is 0 Å². The second-order valence-corrected chi connectivity index (χ2v) is 6.28.